The number of fused-ring (bicyclic) bond motifs is 4. The highest BCUT2D eigenvalue weighted by molar-refractivity contribution is 5.99. The second-order valence-corrected chi connectivity index (χ2v) is 7.36. The van der Waals surface area contributed by atoms with Gasteiger partial charge in [0.05, 0.1) is 6.04 Å². The van der Waals surface area contributed by atoms with Gasteiger partial charge in [-0.2, -0.15) is 0 Å². The molecule has 9 heteroatoms. The van der Waals surface area contributed by atoms with Gasteiger partial charge >= 0.3 is 0 Å². The number of rotatable bonds is 3. The number of carbonyl (C=O) groups is 2. The number of hydrogen-bond acceptors (Lipinski definition) is 5. The highest BCUT2D eigenvalue weighted by Crippen LogP contribution is 2.27. The number of aromatic hydroxyl groups is 1. The SMILES string of the molecule is Cc1ccc(CNC(=O)c2cn3c(c(O)c2=O)C(=O)N2CCNCC3C2)c(F)c1. The molecule has 29 heavy (non-hydrogen) atoms. The van der Waals surface area contributed by atoms with E-state index in [-0.39, 0.29) is 29.4 Å². The predicted octanol–water partition coefficient (Wildman–Crippen LogP) is 0.532. The Kier molecular flexibility index (Phi) is 4.83. The fourth-order valence-electron chi connectivity index (χ4n) is 3.76. The number of nitrogens with one attached hydrogen (secondary N) is 2. The molecule has 0 spiro atoms. The number of amides is 2. The van der Waals surface area contributed by atoms with Crippen molar-refractivity contribution >= 4 is 11.8 Å². The lowest BCUT2D eigenvalue weighted by Gasteiger charge is -2.34. The highest BCUT2D eigenvalue weighted by atomic mass is 19.1. The number of benzene rings is 1. The van der Waals surface area contributed by atoms with E-state index in [4.69, 9.17) is 0 Å². The zero-order valence-electron chi connectivity index (χ0n) is 15.9. The van der Waals surface area contributed by atoms with Crippen molar-refractivity contribution in [3.8, 4) is 5.75 Å². The van der Waals surface area contributed by atoms with Crippen LogP contribution in [0.5, 0.6) is 5.75 Å². The quantitative estimate of drug-likeness (QED) is 0.698. The van der Waals surface area contributed by atoms with Gasteiger partial charge in [-0.3, -0.25) is 14.4 Å². The Morgan fingerprint density at radius 1 is 1.38 bits per heavy atom. The number of aromatic nitrogens is 1. The first-order valence-electron chi connectivity index (χ1n) is 9.38. The Morgan fingerprint density at radius 3 is 2.93 bits per heavy atom. The van der Waals surface area contributed by atoms with E-state index in [0.29, 0.717) is 26.2 Å². The molecule has 0 radical (unpaired) electrons. The van der Waals surface area contributed by atoms with Crippen LogP contribution in [0.1, 0.15) is 38.0 Å². The van der Waals surface area contributed by atoms with E-state index in [1.165, 1.54) is 16.8 Å². The van der Waals surface area contributed by atoms with Gasteiger partial charge in [0.25, 0.3) is 11.8 Å². The third kappa shape index (κ3) is 3.38. The summed E-state index contributed by atoms with van der Waals surface area (Å²) >= 11 is 0. The van der Waals surface area contributed by atoms with Crippen LogP contribution in [0.25, 0.3) is 0 Å². The molecule has 1 saturated heterocycles. The summed E-state index contributed by atoms with van der Waals surface area (Å²) in [5.74, 6) is -2.36. The van der Waals surface area contributed by atoms with E-state index in [2.05, 4.69) is 10.6 Å². The second-order valence-electron chi connectivity index (χ2n) is 7.36. The summed E-state index contributed by atoms with van der Waals surface area (Å²) in [5, 5.41) is 16.1. The van der Waals surface area contributed by atoms with Crippen molar-refractivity contribution in [2.45, 2.75) is 19.5 Å². The average Bonchev–Trinajstić information content (AvgIpc) is 2.91. The van der Waals surface area contributed by atoms with E-state index < -0.39 is 28.8 Å². The van der Waals surface area contributed by atoms with Crippen molar-refractivity contribution in [2.24, 2.45) is 0 Å². The topological polar surface area (TPSA) is 104 Å². The van der Waals surface area contributed by atoms with Crippen LogP contribution in [0.2, 0.25) is 0 Å². The van der Waals surface area contributed by atoms with E-state index >= 15 is 0 Å². The van der Waals surface area contributed by atoms with Crippen molar-refractivity contribution in [2.75, 3.05) is 26.2 Å². The summed E-state index contributed by atoms with van der Waals surface area (Å²) in [6.07, 6.45) is 1.31. The van der Waals surface area contributed by atoms with E-state index in [9.17, 15) is 23.9 Å². The number of pyridine rings is 1. The largest absolute Gasteiger partial charge is 0.503 e. The lowest BCUT2D eigenvalue weighted by molar-refractivity contribution is 0.0685. The van der Waals surface area contributed by atoms with Crippen LogP contribution in [0.4, 0.5) is 4.39 Å². The van der Waals surface area contributed by atoms with Crippen molar-refractivity contribution in [3.63, 3.8) is 0 Å². The van der Waals surface area contributed by atoms with E-state index in [1.807, 2.05) is 0 Å². The Hall–Kier alpha value is -3.20. The molecular formula is C20H21FN4O4. The molecule has 3 N–H and O–H groups in total. The Bertz CT molecular complexity index is 1070. The maximum Gasteiger partial charge on any atom is 0.274 e. The summed E-state index contributed by atoms with van der Waals surface area (Å²) < 4.78 is 15.5. The minimum atomic E-state index is -0.917. The van der Waals surface area contributed by atoms with E-state index in [0.717, 1.165) is 5.56 Å². The molecule has 3 heterocycles. The van der Waals surface area contributed by atoms with Crippen LogP contribution in [0, 0.1) is 12.7 Å². The minimum absolute atomic E-state index is 0.101. The summed E-state index contributed by atoms with van der Waals surface area (Å²) in [6, 6.07) is 4.43. The molecule has 2 aromatic rings. The summed E-state index contributed by atoms with van der Waals surface area (Å²) in [4.78, 5) is 39.4. The van der Waals surface area contributed by atoms with Gasteiger partial charge in [0.15, 0.2) is 11.4 Å². The number of halogens is 1. The molecule has 2 bridgehead atoms. The van der Waals surface area contributed by atoms with Gasteiger partial charge in [-0.05, 0) is 18.6 Å². The fourth-order valence-corrected chi connectivity index (χ4v) is 3.76. The van der Waals surface area contributed by atoms with Gasteiger partial charge in [-0.15, -0.1) is 0 Å². The van der Waals surface area contributed by atoms with E-state index in [1.54, 1.807) is 24.0 Å². The molecule has 1 aromatic heterocycles. The Labute approximate surface area is 165 Å². The summed E-state index contributed by atoms with van der Waals surface area (Å²) in [7, 11) is 0. The maximum atomic E-state index is 14.0. The van der Waals surface area contributed by atoms with Crippen LogP contribution < -0.4 is 16.1 Å². The lowest BCUT2D eigenvalue weighted by atomic mass is 10.1. The van der Waals surface area contributed by atoms with Crippen molar-refractivity contribution < 1.29 is 19.1 Å². The minimum Gasteiger partial charge on any atom is -0.503 e. The van der Waals surface area contributed by atoms with Gasteiger partial charge in [0.2, 0.25) is 5.43 Å². The average molecular weight is 400 g/mol. The first-order chi connectivity index (χ1) is 13.9. The molecule has 2 amide bonds. The van der Waals surface area contributed by atoms with Crippen LogP contribution in [0.3, 0.4) is 0 Å². The summed E-state index contributed by atoms with van der Waals surface area (Å²) in [5.41, 5.74) is -0.268. The Balaban J connectivity index is 1.66. The molecule has 1 aromatic carbocycles. The maximum absolute atomic E-state index is 14.0. The molecule has 2 aliphatic heterocycles. The number of nitrogens with zero attached hydrogens (tertiary/aromatic N) is 2. The standard InChI is InChI=1S/C20H21FN4O4/c1-11-2-3-12(15(21)6-11)7-23-19(28)14-10-25-13-8-22-4-5-24(9-13)20(29)16(25)18(27)17(14)26/h2-3,6,10,13,22,27H,4-5,7-9H2,1H3,(H,23,28). The van der Waals surface area contributed by atoms with Crippen molar-refractivity contribution in [3.05, 3.63) is 62.8 Å². The molecule has 1 unspecified atom stereocenters. The van der Waals surface area contributed by atoms with Gasteiger partial charge in [0, 0.05) is 44.5 Å². The molecular weight excluding hydrogens is 379 g/mol. The van der Waals surface area contributed by atoms with Gasteiger partial charge < -0.3 is 25.2 Å². The first-order valence-corrected chi connectivity index (χ1v) is 9.38. The third-order valence-corrected chi connectivity index (χ3v) is 5.36. The number of carbonyl (C=O) groups excluding carboxylic acids is 2. The van der Waals surface area contributed by atoms with Crippen molar-refractivity contribution in [1.82, 2.24) is 20.1 Å². The van der Waals surface area contributed by atoms with Crippen LogP contribution >= 0.6 is 0 Å². The highest BCUT2D eigenvalue weighted by Gasteiger charge is 2.36. The number of aryl methyl sites for hydroxylation is 1. The van der Waals surface area contributed by atoms with Crippen LogP contribution in [0.15, 0.2) is 29.2 Å². The normalized spacial score (nSPS) is 18.2. The molecule has 0 aliphatic carbocycles. The Morgan fingerprint density at radius 2 is 2.17 bits per heavy atom. The van der Waals surface area contributed by atoms with Crippen molar-refractivity contribution in [1.29, 1.82) is 0 Å². The third-order valence-electron chi connectivity index (χ3n) is 5.36. The molecule has 0 saturated carbocycles. The number of hydrogen-bond donors (Lipinski definition) is 3. The zero-order valence-corrected chi connectivity index (χ0v) is 15.9. The van der Waals surface area contributed by atoms with Crippen LogP contribution in [-0.2, 0) is 6.54 Å². The van der Waals surface area contributed by atoms with Crippen LogP contribution in [-0.4, -0.2) is 52.6 Å². The zero-order chi connectivity index (χ0) is 20.7. The molecule has 1 fully saturated rings. The molecule has 2 aliphatic rings. The van der Waals surface area contributed by atoms with Gasteiger partial charge in [-0.25, -0.2) is 4.39 Å². The monoisotopic (exact) mass is 400 g/mol. The predicted molar refractivity (Wildman–Crippen MR) is 102 cm³/mol. The fraction of sp³-hybridized carbons (Fsp3) is 0.350. The lowest BCUT2D eigenvalue weighted by Crippen LogP contribution is -2.45. The second kappa shape index (κ2) is 7.32. The molecule has 8 nitrogen and oxygen atoms in total. The summed E-state index contributed by atoms with van der Waals surface area (Å²) in [6.45, 7) is 3.70. The smallest absolute Gasteiger partial charge is 0.274 e. The molecule has 152 valence electrons. The first kappa shape index (κ1) is 19.1. The van der Waals surface area contributed by atoms with Gasteiger partial charge in [0.1, 0.15) is 11.4 Å². The molecule has 4 rings (SSSR count). The molecule has 1 atom stereocenters. The van der Waals surface area contributed by atoms with Gasteiger partial charge in [-0.1, -0.05) is 12.1 Å².